The van der Waals surface area contributed by atoms with Gasteiger partial charge in [-0.3, -0.25) is 0 Å². The Balaban J connectivity index is 1.23. The Hall–Kier alpha value is -6.59. The molecule has 0 saturated carbocycles. The summed E-state index contributed by atoms with van der Waals surface area (Å²) < 4.78 is 12.6. The number of para-hydroxylation sites is 2. The maximum Gasteiger partial charge on any atom is 0.165 e. The zero-order valence-electron chi connectivity index (χ0n) is 27.0. The van der Waals surface area contributed by atoms with Gasteiger partial charge in [0.2, 0.25) is 0 Å². The molecule has 3 heterocycles. The number of fused-ring (bicyclic) bond motifs is 6. The lowest BCUT2D eigenvalue weighted by Crippen LogP contribution is -2.02. The highest BCUT2D eigenvalue weighted by Gasteiger charge is 2.23. The first kappa shape index (κ1) is 28.4. The molecule has 6 aromatic carbocycles. The van der Waals surface area contributed by atoms with Crippen LogP contribution in [0.1, 0.15) is 17.9 Å². The van der Waals surface area contributed by atoms with Crippen molar-refractivity contribution in [3.63, 3.8) is 0 Å². The molecule has 0 N–H and O–H groups in total. The van der Waals surface area contributed by atoms with Crippen molar-refractivity contribution in [2.75, 3.05) is 0 Å². The fraction of sp³-hybridized carbons (Fsp3) is 0.0444. The molecular weight excluding hydrogens is 615 g/mol. The number of hydrogen-bond donors (Lipinski definition) is 0. The quantitative estimate of drug-likeness (QED) is 0.187. The molecule has 0 saturated heterocycles. The molecule has 1 atom stereocenters. The van der Waals surface area contributed by atoms with E-state index in [1.165, 1.54) is 5.56 Å². The number of nitrogens with zero attached hydrogens (tertiary/aromatic N) is 3. The highest BCUT2D eigenvalue weighted by atomic mass is 16.3. The van der Waals surface area contributed by atoms with Crippen LogP contribution < -0.4 is 0 Å². The first-order valence-electron chi connectivity index (χ1n) is 16.9. The summed E-state index contributed by atoms with van der Waals surface area (Å²) in [6.45, 7) is 0. The van der Waals surface area contributed by atoms with Crippen molar-refractivity contribution in [3.8, 4) is 45.3 Å². The van der Waals surface area contributed by atoms with E-state index in [4.69, 9.17) is 23.8 Å². The van der Waals surface area contributed by atoms with Crippen LogP contribution in [0.25, 0.3) is 89.2 Å². The van der Waals surface area contributed by atoms with Crippen LogP contribution in [-0.2, 0) is 0 Å². The summed E-state index contributed by atoms with van der Waals surface area (Å²) in [4.78, 5) is 15.5. The molecule has 3 aromatic heterocycles. The Morgan fingerprint density at radius 2 is 1.10 bits per heavy atom. The Kier molecular flexibility index (Phi) is 6.56. The molecule has 0 spiro atoms. The van der Waals surface area contributed by atoms with E-state index >= 15 is 0 Å². The molecular formula is C45H29N3O2. The SMILES string of the molecule is C1=CCC(c2ccc(-c3nc(-c4ccccc4)nc(-c4c(-c5ccc6oc7ccccc7c6c5)ccc5oc6ccccc6c45)n3)cc2)C=C1. The van der Waals surface area contributed by atoms with Gasteiger partial charge in [0.05, 0.1) is 0 Å². The minimum absolute atomic E-state index is 0.363. The Bertz CT molecular complexity index is 2790. The number of furan rings is 2. The van der Waals surface area contributed by atoms with Crippen LogP contribution >= 0.6 is 0 Å². The summed E-state index contributed by atoms with van der Waals surface area (Å²) in [7, 11) is 0. The van der Waals surface area contributed by atoms with Crippen molar-refractivity contribution < 1.29 is 8.83 Å². The van der Waals surface area contributed by atoms with Crippen LogP contribution in [-0.4, -0.2) is 15.0 Å². The third-order valence-electron chi connectivity index (χ3n) is 9.70. The molecule has 50 heavy (non-hydrogen) atoms. The van der Waals surface area contributed by atoms with Crippen molar-refractivity contribution in [2.45, 2.75) is 12.3 Å². The van der Waals surface area contributed by atoms with Crippen LogP contribution in [0.4, 0.5) is 0 Å². The first-order valence-corrected chi connectivity index (χ1v) is 16.9. The highest BCUT2D eigenvalue weighted by molar-refractivity contribution is 6.16. The lowest BCUT2D eigenvalue weighted by atomic mass is 9.92. The maximum absolute atomic E-state index is 6.43. The van der Waals surface area contributed by atoms with E-state index in [-0.39, 0.29) is 0 Å². The molecule has 0 amide bonds. The van der Waals surface area contributed by atoms with E-state index in [2.05, 4.69) is 91.0 Å². The van der Waals surface area contributed by atoms with Crippen LogP contribution in [0.15, 0.2) is 167 Å². The molecule has 1 unspecified atom stereocenters. The van der Waals surface area contributed by atoms with E-state index in [1.54, 1.807) is 0 Å². The topological polar surface area (TPSA) is 65.0 Å². The molecule has 5 heteroatoms. The van der Waals surface area contributed by atoms with E-state index in [1.807, 2.05) is 66.7 Å². The number of hydrogen-bond acceptors (Lipinski definition) is 5. The van der Waals surface area contributed by atoms with E-state index in [0.29, 0.717) is 23.4 Å². The average molecular weight is 644 g/mol. The maximum atomic E-state index is 6.43. The van der Waals surface area contributed by atoms with Gasteiger partial charge < -0.3 is 8.83 Å². The standard InChI is InChI=1S/C45H29N3O2/c1-3-11-28(12-4-1)29-19-21-31(22-20-29)44-46-43(30-13-5-2-6-14-30)47-45(48-44)42-33(24-26-40-41(42)35-16-8-10-18-38(35)50-40)32-23-25-39-36(27-32)34-15-7-9-17-37(34)49-39/h1-11,13-28H,12H2. The molecule has 0 radical (unpaired) electrons. The normalized spacial score (nSPS) is 14.4. The molecule has 9 aromatic rings. The summed E-state index contributed by atoms with van der Waals surface area (Å²) in [6.07, 6.45) is 9.70. The first-order chi connectivity index (χ1) is 24.8. The largest absolute Gasteiger partial charge is 0.456 e. The van der Waals surface area contributed by atoms with E-state index in [9.17, 15) is 0 Å². The highest BCUT2D eigenvalue weighted by Crippen LogP contribution is 2.43. The average Bonchev–Trinajstić information content (AvgIpc) is 3.76. The van der Waals surface area contributed by atoms with Gasteiger partial charge in [-0.1, -0.05) is 121 Å². The van der Waals surface area contributed by atoms with Crippen LogP contribution in [0, 0.1) is 0 Å². The minimum atomic E-state index is 0.363. The van der Waals surface area contributed by atoms with E-state index in [0.717, 1.165) is 78.1 Å². The van der Waals surface area contributed by atoms with Crippen molar-refractivity contribution >= 4 is 43.9 Å². The van der Waals surface area contributed by atoms with Gasteiger partial charge in [0.1, 0.15) is 22.3 Å². The Morgan fingerprint density at radius 1 is 0.480 bits per heavy atom. The second-order valence-electron chi connectivity index (χ2n) is 12.7. The zero-order valence-corrected chi connectivity index (χ0v) is 27.0. The second kappa shape index (κ2) is 11.5. The van der Waals surface area contributed by atoms with Gasteiger partial charge in [0.25, 0.3) is 0 Å². The number of rotatable bonds is 5. The molecule has 0 aliphatic heterocycles. The molecule has 0 fully saturated rings. The monoisotopic (exact) mass is 643 g/mol. The smallest absolute Gasteiger partial charge is 0.165 e. The van der Waals surface area contributed by atoms with Crippen LogP contribution in [0.3, 0.4) is 0 Å². The zero-order chi connectivity index (χ0) is 33.0. The minimum Gasteiger partial charge on any atom is -0.456 e. The van der Waals surface area contributed by atoms with Gasteiger partial charge in [0.15, 0.2) is 17.5 Å². The van der Waals surface area contributed by atoms with Gasteiger partial charge in [-0.15, -0.1) is 0 Å². The van der Waals surface area contributed by atoms with E-state index < -0.39 is 0 Å². The molecule has 5 nitrogen and oxygen atoms in total. The van der Waals surface area contributed by atoms with Crippen molar-refractivity contribution in [3.05, 3.63) is 163 Å². The van der Waals surface area contributed by atoms with Crippen molar-refractivity contribution in [1.29, 1.82) is 0 Å². The summed E-state index contributed by atoms with van der Waals surface area (Å²) in [5.74, 6) is 2.18. The summed E-state index contributed by atoms with van der Waals surface area (Å²) in [5.41, 5.74) is 9.37. The van der Waals surface area contributed by atoms with Gasteiger partial charge in [0, 0.05) is 44.2 Å². The van der Waals surface area contributed by atoms with Crippen molar-refractivity contribution in [1.82, 2.24) is 15.0 Å². The van der Waals surface area contributed by atoms with Crippen LogP contribution in [0.2, 0.25) is 0 Å². The lowest BCUT2D eigenvalue weighted by Gasteiger charge is -2.15. The van der Waals surface area contributed by atoms with Crippen LogP contribution in [0.5, 0.6) is 0 Å². The third kappa shape index (κ3) is 4.74. The predicted molar refractivity (Wildman–Crippen MR) is 202 cm³/mol. The lowest BCUT2D eigenvalue weighted by molar-refractivity contribution is 0.668. The fourth-order valence-corrected chi connectivity index (χ4v) is 7.22. The summed E-state index contributed by atoms with van der Waals surface area (Å²) >= 11 is 0. The molecule has 1 aliphatic rings. The predicted octanol–water partition coefficient (Wildman–Crippen LogP) is 11.9. The number of allylic oxidation sites excluding steroid dienone is 4. The fourth-order valence-electron chi connectivity index (χ4n) is 7.22. The Labute approximate surface area is 287 Å². The van der Waals surface area contributed by atoms with Crippen molar-refractivity contribution in [2.24, 2.45) is 0 Å². The van der Waals surface area contributed by atoms with Gasteiger partial charge in [-0.05, 0) is 59.5 Å². The number of benzene rings is 6. The molecule has 1 aliphatic carbocycles. The van der Waals surface area contributed by atoms with Gasteiger partial charge in [-0.2, -0.15) is 0 Å². The van der Waals surface area contributed by atoms with Gasteiger partial charge >= 0.3 is 0 Å². The molecule has 236 valence electrons. The number of aromatic nitrogens is 3. The second-order valence-corrected chi connectivity index (χ2v) is 12.7. The summed E-state index contributed by atoms with van der Waals surface area (Å²) in [6, 6.07) is 45.6. The molecule has 0 bridgehead atoms. The van der Waals surface area contributed by atoms with Gasteiger partial charge in [-0.25, -0.2) is 15.0 Å². The molecule has 10 rings (SSSR count). The Morgan fingerprint density at radius 3 is 1.88 bits per heavy atom. The summed E-state index contributed by atoms with van der Waals surface area (Å²) in [5, 5.41) is 4.12. The third-order valence-corrected chi connectivity index (χ3v) is 9.70.